The zero-order valence-corrected chi connectivity index (χ0v) is 14.0. The van der Waals surface area contributed by atoms with Crippen molar-refractivity contribution in [1.29, 1.82) is 0 Å². The Morgan fingerprint density at radius 1 is 1.48 bits per heavy atom. The predicted molar refractivity (Wildman–Crippen MR) is 90.2 cm³/mol. The van der Waals surface area contributed by atoms with Crippen LogP contribution in [0.2, 0.25) is 5.02 Å². The molecule has 1 aliphatic heterocycles. The van der Waals surface area contributed by atoms with Gasteiger partial charge in [-0.15, -0.1) is 0 Å². The second-order valence-corrected chi connectivity index (χ2v) is 6.50. The van der Waals surface area contributed by atoms with Crippen molar-refractivity contribution in [2.24, 2.45) is 5.92 Å². The van der Waals surface area contributed by atoms with E-state index in [9.17, 15) is 5.11 Å². The first-order chi connectivity index (χ1) is 10.1. The fourth-order valence-corrected chi connectivity index (χ4v) is 3.46. The molecule has 1 heterocycles. The first-order valence-corrected chi connectivity index (χ1v) is 8.36. The minimum absolute atomic E-state index is 0.203. The Labute approximate surface area is 133 Å². The average molecular weight is 311 g/mol. The molecule has 3 atom stereocenters. The van der Waals surface area contributed by atoms with E-state index in [-0.39, 0.29) is 18.7 Å². The fourth-order valence-electron chi connectivity index (χ4n) is 3.12. The number of aliphatic hydroxyl groups excluding tert-OH is 1. The molecule has 1 saturated heterocycles. The molecular weight excluding hydrogens is 284 g/mol. The lowest BCUT2D eigenvalue weighted by molar-refractivity contribution is 0.245. The van der Waals surface area contributed by atoms with Gasteiger partial charge in [-0.05, 0) is 49.9 Å². The molecule has 0 radical (unpaired) electrons. The van der Waals surface area contributed by atoms with Crippen LogP contribution in [0.15, 0.2) is 18.2 Å². The standard InChI is InChI=1S/C17H27ClN2O/c1-4-8-19-13(3)15-6-5-14(10-16(15)18)20-9-7-12(2)17(20)11-21/h5-6,10,12-13,17,19,21H,4,7-9,11H2,1-3H3. The molecule has 2 rings (SSSR count). The lowest BCUT2D eigenvalue weighted by atomic mass is 10.0. The molecule has 21 heavy (non-hydrogen) atoms. The van der Waals surface area contributed by atoms with Crippen LogP contribution in [0.4, 0.5) is 5.69 Å². The molecule has 2 N–H and O–H groups in total. The highest BCUT2D eigenvalue weighted by molar-refractivity contribution is 6.31. The topological polar surface area (TPSA) is 35.5 Å². The second kappa shape index (κ2) is 7.48. The van der Waals surface area contributed by atoms with Gasteiger partial charge in [0.2, 0.25) is 0 Å². The van der Waals surface area contributed by atoms with Crippen molar-refractivity contribution < 1.29 is 5.11 Å². The Bertz CT molecular complexity index is 466. The average Bonchev–Trinajstić information content (AvgIpc) is 2.85. The zero-order valence-electron chi connectivity index (χ0n) is 13.3. The summed E-state index contributed by atoms with van der Waals surface area (Å²) in [6, 6.07) is 6.76. The van der Waals surface area contributed by atoms with E-state index in [1.807, 2.05) is 6.07 Å². The minimum Gasteiger partial charge on any atom is -0.394 e. The number of aliphatic hydroxyl groups is 1. The lowest BCUT2D eigenvalue weighted by Gasteiger charge is -2.28. The Morgan fingerprint density at radius 3 is 2.86 bits per heavy atom. The van der Waals surface area contributed by atoms with E-state index in [0.717, 1.165) is 42.2 Å². The van der Waals surface area contributed by atoms with Crippen molar-refractivity contribution in [3.63, 3.8) is 0 Å². The molecule has 0 aromatic heterocycles. The van der Waals surface area contributed by atoms with Gasteiger partial charge in [0.15, 0.2) is 0 Å². The quantitative estimate of drug-likeness (QED) is 0.842. The number of rotatable bonds is 6. The van der Waals surface area contributed by atoms with Crippen molar-refractivity contribution in [3.8, 4) is 0 Å². The summed E-state index contributed by atoms with van der Waals surface area (Å²) in [5.41, 5.74) is 2.26. The van der Waals surface area contributed by atoms with Crippen molar-refractivity contribution >= 4 is 17.3 Å². The van der Waals surface area contributed by atoms with Crippen molar-refractivity contribution in [3.05, 3.63) is 28.8 Å². The van der Waals surface area contributed by atoms with Crippen LogP contribution >= 0.6 is 11.6 Å². The van der Waals surface area contributed by atoms with E-state index in [1.54, 1.807) is 0 Å². The maximum absolute atomic E-state index is 9.59. The number of benzene rings is 1. The number of nitrogens with one attached hydrogen (secondary N) is 1. The van der Waals surface area contributed by atoms with Crippen LogP contribution in [0.25, 0.3) is 0 Å². The number of anilines is 1. The molecular formula is C17H27ClN2O. The molecule has 0 spiro atoms. The van der Waals surface area contributed by atoms with E-state index in [4.69, 9.17) is 11.6 Å². The van der Waals surface area contributed by atoms with Gasteiger partial charge < -0.3 is 15.3 Å². The molecule has 0 saturated carbocycles. The van der Waals surface area contributed by atoms with Gasteiger partial charge in [-0.2, -0.15) is 0 Å². The van der Waals surface area contributed by atoms with E-state index >= 15 is 0 Å². The summed E-state index contributed by atoms with van der Waals surface area (Å²) >= 11 is 6.48. The Kier molecular flexibility index (Phi) is 5.91. The normalized spacial score (nSPS) is 23.6. The van der Waals surface area contributed by atoms with Crippen LogP contribution in [0, 0.1) is 5.92 Å². The van der Waals surface area contributed by atoms with Gasteiger partial charge in [-0.1, -0.05) is 31.5 Å². The molecule has 1 fully saturated rings. The monoisotopic (exact) mass is 310 g/mol. The summed E-state index contributed by atoms with van der Waals surface area (Å²) in [5, 5.41) is 13.9. The zero-order chi connectivity index (χ0) is 15.4. The highest BCUT2D eigenvalue weighted by Crippen LogP contribution is 2.33. The van der Waals surface area contributed by atoms with E-state index in [1.165, 1.54) is 0 Å². The highest BCUT2D eigenvalue weighted by Gasteiger charge is 2.30. The van der Waals surface area contributed by atoms with E-state index in [0.29, 0.717) is 5.92 Å². The molecule has 3 unspecified atom stereocenters. The fraction of sp³-hybridized carbons (Fsp3) is 0.647. The smallest absolute Gasteiger partial charge is 0.0637 e. The maximum atomic E-state index is 9.59. The molecule has 1 aromatic carbocycles. The van der Waals surface area contributed by atoms with Gasteiger partial charge in [-0.3, -0.25) is 0 Å². The molecule has 0 bridgehead atoms. The Hall–Kier alpha value is -0.770. The highest BCUT2D eigenvalue weighted by atomic mass is 35.5. The Balaban J connectivity index is 2.15. The van der Waals surface area contributed by atoms with Crippen LogP contribution in [0.5, 0.6) is 0 Å². The molecule has 118 valence electrons. The number of halogens is 1. The molecule has 1 aromatic rings. The lowest BCUT2D eigenvalue weighted by Crippen LogP contribution is -2.35. The van der Waals surface area contributed by atoms with Crippen LogP contribution in [0.3, 0.4) is 0 Å². The Morgan fingerprint density at radius 2 is 2.24 bits per heavy atom. The van der Waals surface area contributed by atoms with Gasteiger partial charge >= 0.3 is 0 Å². The van der Waals surface area contributed by atoms with E-state index in [2.05, 4.69) is 43.1 Å². The van der Waals surface area contributed by atoms with Gasteiger partial charge in [-0.25, -0.2) is 0 Å². The third-order valence-corrected chi connectivity index (χ3v) is 4.88. The summed E-state index contributed by atoms with van der Waals surface area (Å²) < 4.78 is 0. The van der Waals surface area contributed by atoms with Gasteiger partial charge in [0.1, 0.15) is 0 Å². The summed E-state index contributed by atoms with van der Waals surface area (Å²) in [5.74, 6) is 0.526. The first-order valence-electron chi connectivity index (χ1n) is 7.98. The minimum atomic E-state index is 0.203. The number of hydrogen-bond donors (Lipinski definition) is 2. The van der Waals surface area contributed by atoms with Crippen molar-refractivity contribution in [1.82, 2.24) is 5.32 Å². The molecule has 4 heteroatoms. The van der Waals surface area contributed by atoms with Gasteiger partial charge in [0.05, 0.1) is 12.6 Å². The van der Waals surface area contributed by atoms with Gasteiger partial charge in [0.25, 0.3) is 0 Å². The SMILES string of the molecule is CCCNC(C)c1ccc(N2CCC(C)C2CO)cc1Cl. The van der Waals surface area contributed by atoms with Crippen molar-refractivity contribution in [2.75, 3.05) is 24.6 Å². The number of hydrogen-bond acceptors (Lipinski definition) is 3. The van der Waals surface area contributed by atoms with Gasteiger partial charge in [0, 0.05) is 23.3 Å². The largest absolute Gasteiger partial charge is 0.394 e. The third-order valence-electron chi connectivity index (χ3n) is 4.55. The third kappa shape index (κ3) is 3.71. The van der Waals surface area contributed by atoms with Crippen molar-refractivity contribution in [2.45, 2.75) is 45.7 Å². The van der Waals surface area contributed by atoms with Crippen LogP contribution in [-0.4, -0.2) is 30.8 Å². The van der Waals surface area contributed by atoms with Crippen LogP contribution < -0.4 is 10.2 Å². The predicted octanol–water partition coefficient (Wildman–Crippen LogP) is 3.61. The molecule has 0 amide bonds. The summed E-state index contributed by atoms with van der Waals surface area (Å²) in [4.78, 5) is 2.28. The van der Waals surface area contributed by atoms with Crippen LogP contribution in [0.1, 0.15) is 45.2 Å². The maximum Gasteiger partial charge on any atom is 0.0637 e. The first kappa shape index (κ1) is 16.6. The van der Waals surface area contributed by atoms with Crippen LogP contribution in [-0.2, 0) is 0 Å². The number of nitrogens with zero attached hydrogens (tertiary/aromatic N) is 1. The summed E-state index contributed by atoms with van der Waals surface area (Å²) in [7, 11) is 0. The summed E-state index contributed by atoms with van der Waals surface area (Å²) in [6.45, 7) is 8.70. The van der Waals surface area contributed by atoms with E-state index < -0.39 is 0 Å². The molecule has 3 nitrogen and oxygen atoms in total. The molecule has 0 aliphatic carbocycles. The second-order valence-electron chi connectivity index (χ2n) is 6.09. The molecule has 1 aliphatic rings. The summed E-state index contributed by atoms with van der Waals surface area (Å²) in [6.07, 6.45) is 2.24.